The molecule has 0 unspecified atom stereocenters. The summed E-state index contributed by atoms with van der Waals surface area (Å²) in [6.45, 7) is 1.84. The fraction of sp³-hybridized carbons (Fsp3) is 0.0500. The molecule has 0 fully saturated rings. The third-order valence-corrected chi connectivity index (χ3v) is 5.15. The highest BCUT2D eigenvalue weighted by Gasteiger charge is 2.23. The van der Waals surface area contributed by atoms with Crippen LogP contribution in [0.4, 0.5) is 17.1 Å². The SMILES string of the molecule is Cc1c(Cl)cccc1N=Cc1cc(Cl)c(Oc2ccc([N+](=O)[O-])cc2[N+](=O)[O-])c(Cl)c1. The number of nitro benzene ring substituents is 2. The third-order valence-electron chi connectivity index (χ3n) is 4.17. The second-order valence-electron chi connectivity index (χ2n) is 6.22. The minimum atomic E-state index is -0.793. The fourth-order valence-electron chi connectivity index (χ4n) is 2.59. The van der Waals surface area contributed by atoms with Crippen LogP contribution >= 0.6 is 34.8 Å². The van der Waals surface area contributed by atoms with E-state index in [-0.39, 0.29) is 21.5 Å². The lowest BCUT2D eigenvalue weighted by molar-refractivity contribution is -0.394. The number of non-ortho nitro benzene ring substituents is 1. The molecule has 3 aromatic rings. The molecule has 8 nitrogen and oxygen atoms in total. The van der Waals surface area contributed by atoms with Gasteiger partial charge in [0.1, 0.15) is 0 Å². The van der Waals surface area contributed by atoms with Crippen LogP contribution in [-0.2, 0) is 0 Å². The van der Waals surface area contributed by atoms with Crippen molar-refractivity contribution < 1.29 is 14.6 Å². The van der Waals surface area contributed by atoms with Crippen molar-refractivity contribution in [2.45, 2.75) is 6.92 Å². The summed E-state index contributed by atoms with van der Waals surface area (Å²) in [7, 11) is 0. The van der Waals surface area contributed by atoms with E-state index in [1.54, 1.807) is 18.2 Å². The smallest absolute Gasteiger partial charge is 0.318 e. The van der Waals surface area contributed by atoms with Crippen molar-refractivity contribution in [2.75, 3.05) is 0 Å². The van der Waals surface area contributed by atoms with Gasteiger partial charge in [0.2, 0.25) is 5.75 Å². The summed E-state index contributed by atoms with van der Waals surface area (Å²) in [5.41, 5.74) is 0.993. The maximum Gasteiger partial charge on any atom is 0.318 e. The maximum absolute atomic E-state index is 11.3. The number of rotatable bonds is 6. The highest BCUT2D eigenvalue weighted by Crippen LogP contribution is 2.41. The summed E-state index contributed by atoms with van der Waals surface area (Å²) >= 11 is 18.6. The van der Waals surface area contributed by atoms with Crippen LogP contribution < -0.4 is 4.74 Å². The van der Waals surface area contributed by atoms with Crippen LogP contribution in [0.3, 0.4) is 0 Å². The molecule has 0 saturated carbocycles. The van der Waals surface area contributed by atoms with Crippen molar-refractivity contribution in [3.8, 4) is 11.5 Å². The van der Waals surface area contributed by atoms with Crippen LogP contribution in [0.2, 0.25) is 15.1 Å². The summed E-state index contributed by atoms with van der Waals surface area (Å²) in [5, 5.41) is 22.9. The Bertz CT molecular complexity index is 1210. The Hall–Kier alpha value is -3.20. The summed E-state index contributed by atoms with van der Waals surface area (Å²) in [4.78, 5) is 25.0. The number of aliphatic imine (C=N–C) groups is 1. The van der Waals surface area contributed by atoms with Gasteiger partial charge >= 0.3 is 5.69 Å². The van der Waals surface area contributed by atoms with Crippen molar-refractivity contribution in [3.05, 3.63) is 95.0 Å². The van der Waals surface area contributed by atoms with Gasteiger partial charge in [-0.15, -0.1) is 0 Å². The van der Waals surface area contributed by atoms with Crippen LogP contribution in [0.5, 0.6) is 11.5 Å². The van der Waals surface area contributed by atoms with Gasteiger partial charge in [-0.3, -0.25) is 25.2 Å². The van der Waals surface area contributed by atoms with Crippen molar-refractivity contribution in [1.29, 1.82) is 0 Å². The Labute approximate surface area is 191 Å². The van der Waals surface area contributed by atoms with E-state index < -0.39 is 21.2 Å². The molecule has 0 aliphatic heterocycles. The molecule has 0 bridgehead atoms. The van der Waals surface area contributed by atoms with E-state index in [4.69, 9.17) is 39.5 Å². The van der Waals surface area contributed by atoms with Gasteiger partial charge in [-0.05, 0) is 48.4 Å². The quantitative estimate of drug-likeness (QED) is 0.209. The van der Waals surface area contributed by atoms with Gasteiger partial charge in [-0.2, -0.15) is 0 Å². The normalized spacial score (nSPS) is 11.0. The fourth-order valence-corrected chi connectivity index (χ4v) is 3.34. The van der Waals surface area contributed by atoms with E-state index in [1.807, 2.05) is 6.92 Å². The Morgan fingerprint density at radius 2 is 1.61 bits per heavy atom. The molecule has 0 aliphatic carbocycles. The van der Waals surface area contributed by atoms with Crippen molar-refractivity contribution in [3.63, 3.8) is 0 Å². The molecule has 0 amide bonds. The van der Waals surface area contributed by atoms with Crippen molar-refractivity contribution >= 4 is 58.1 Å². The average Bonchev–Trinajstić information content (AvgIpc) is 2.71. The third kappa shape index (κ3) is 5.11. The maximum atomic E-state index is 11.3. The first-order valence-corrected chi connectivity index (χ1v) is 9.69. The first-order chi connectivity index (χ1) is 14.7. The van der Waals surface area contributed by atoms with Gasteiger partial charge in [0.05, 0.1) is 31.6 Å². The molecular formula is C20H12Cl3N3O5. The molecule has 0 aliphatic rings. The molecule has 31 heavy (non-hydrogen) atoms. The molecule has 3 aromatic carbocycles. The molecule has 0 heterocycles. The van der Waals surface area contributed by atoms with Gasteiger partial charge in [0.25, 0.3) is 5.69 Å². The summed E-state index contributed by atoms with van der Waals surface area (Å²) in [6, 6.07) is 11.4. The van der Waals surface area contributed by atoms with Crippen molar-refractivity contribution in [2.24, 2.45) is 4.99 Å². The van der Waals surface area contributed by atoms with Gasteiger partial charge in [0.15, 0.2) is 5.75 Å². The second-order valence-corrected chi connectivity index (χ2v) is 7.45. The molecule has 0 N–H and O–H groups in total. The summed E-state index contributed by atoms with van der Waals surface area (Å²) < 4.78 is 5.53. The number of nitro groups is 2. The molecule has 0 saturated heterocycles. The van der Waals surface area contributed by atoms with Crippen LogP contribution in [0.15, 0.2) is 53.5 Å². The molecule has 158 valence electrons. The van der Waals surface area contributed by atoms with E-state index >= 15 is 0 Å². The molecular weight excluding hydrogens is 469 g/mol. The zero-order valence-electron chi connectivity index (χ0n) is 15.7. The standard InChI is InChI=1S/C20H12Cl3N3O5/c1-11-14(21)3-2-4-17(11)24-10-12-7-15(22)20(16(23)8-12)31-19-6-5-13(25(27)28)9-18(19)26(29)30/h2-10H,1H3. The monoisotopic (exact) mass is 479 g/mol. The first-order valence-electron chi connectivity index (χ1n) is 8.56. The van der Waals surface area contributed by atoms with Crippen LogP contribution in [0.25, 0.3) is 0 Å². The lowest BCUT2D eigenvalue weighted by Gasteiger charge is -2.11. The van der Waals surface area contributed by atoms with E-state index in [1.165, 1.54) is 18.3 Å². The topological polar surface area (TPSA) is 108 Å². The molecule has 0 atom stereocenters. The van der Waals surface area contributed by atoms with Crippen LogP contribution in [0, 0.1) is 27.2 Å². The van der Waals surface area contributed by atoms with Gasteiger partial charge in [0, 0.05) is 17.3 Å². The van der Waals surface area contributed by atoms with E-state index in [0.29, 0.717) is 16.3 Å². The van der Waals surface area contributed by atoms with Gasteiger partial charge < -0.3 is 4.74 Å². The molecule has 0 spiro atoms. The van der Waals surface area contributed by atoms with Gasteiger partial charge in [-0.25, -0.2) is 0 Å². The molecule has 11 heteroatoms. The van der Waals surface area contributed by atoms with Crippen LogP contribution in [0.1, 0.15) is 11.1 Å². The highest BCUT2D eigenvalue weighted by atomic mass is 35.5. The highest BCUT2D eigenvalue weighted by molar-refractivity contribution is 6.37. The number of ether oxygens (including phenoxy) is 1. The zero-order valence-corrected chi connectivity index (χ0v) is 18.0. The molecule has 3 rings (SSSR count). The first kappa shape index (κ1) is 22.5. The minimum Gasteiger partial charge on any atom is -0.447 e. The van der Waals surface area contributed by atoms with Crippen molar-refractivity contribution in [1.82, 2.24) is 0 Å². The zero-order chi connectivity index (χ0) is 22.7. The van der Waals surface area contributed by atoms with Gasteiger partial charge in [-0.1, -0.05) is 40.9 Å². The lowest BCUT2D eigenvalue weighted by Crippen LogP contribution is -1.97. The van der Waals surface area contributed by atoms with E-state index in [2.05, 4.69) is 4.99 Å². The minimum absolute atomic E-state index is 0.0311. The number of halogens is 3. The molecule has 0 radical (unpaired) electrons. The Balaban J connectivity index is 1.93. The largest absolute Gasteiger partial charge is 0.447 e. The average molecular weight is 481 g/mol. The number of benzene rings is 3. The predicted molar refractivity (Wildman–Crippen MR) is 120 cm³/mol. The summed E-state index contributed by atoms with van der Waals surface area (Å²) in [5.74, 6) is -0.272. The van der Waals surface area contributed by atoms with E-state index in [9.17, 15) is 20.2 Å². The Kier molecular flexibility index (Phi) is 6.74. The second kappa shape index (κ2) is 9.30. The summed E-state index contributed by atoms with van der Waals surface area (Å²) in [6.07, 6.45) is 1.54. The van der Waals surface area contributed by atoms with Crippen LogP contribution in [-0.4, -0.2) is 16.1 Å². The Morgan fingerprint density at radius 1 is 0.935 bits per heavy atom. The number of hydrogen-bond acceptors (Lipinski definition) is 6. The Morgan fingerprint density at radius 3 is 2.23 bits per heavy atom. The number of nitrogens with zero attached hydrogens (tertiary/aromatic N) is 3. The lowest BCUT2D eigenvalue weighted by atomic mass is 10.2. The van der Waals surface area contributed by atoms with E-state index in [0.717, 1.165) is 23.8 Å². The number of hydrogen-bond donors (Lipinski definition) is 0. The predicted octanol–water partition coefficient (Wildman–Crippen LogP) is 7.31. The molecule has 0 aromatic heterocycles.